The number of carboxylic acids is 1. The Bertz CT molecular complexity index is 954. The van der Waals surface area contributed by atoms with Gasteiger partial charge in [0, 0.05) is 21.1 Å². The Kier molecular flexibility index (Phi) is 6.13. The van der Waals surface area contributed by atoms with Crippen LogP contribution in [0.4, 0.5) is 4.39 Å². The number of halogens is 1. The number of ether oxygens (including phenoxy) is 1. The average Bonchev–Trinajstić information content (AvgIpc) is 3.00. The van der Waals surface area contributed by atoms with Crippen molar-refractivity contribution in [2.45, 2.75) is 24.5 Å². The van der Waals surface area contributed by atoms with Crippen molar-refractivity contribution in [3.05, 3.63) is 64.4 Å². The first-order chi connectivity index (χ1) is 12.9. The lowest BCUT2D eigenvalue weighted by Gasteiger charge is -2.08. The van der Waals surface area contributed by atoms with E-state index in [2.05, 4.69) is 4.98 Å². The maximum absolute atomic E-state index is 13.1. The Morgan fingerprint density at radius 3 is 2.63 bits per heavy atom. The summed E-state index contributed by atoms with van der Waals surface area (Å²) in [5.74, 6) is 0.105. The fourth-order valence-corrected chi connectivity index (χ4v) is 4.65. The number of thioether (sulfide) groups is 1. The van der Waals surface area contributed by atoms with Gasteiger partial charge >= 0.3 is 5.97 Å². The van der Waals surface area contributed by atoms with E-state index >= 15 is 0 Å². The highest BCUT2D eigenvalue weighted by molar-refractivity contribution is 7.98. The zero-order valence-corrected chi connectivity index (χ0v) is 16.5. The Morgan fingerprint density at radius 1 is 1.22 bits per heavy atom. The number of benzene rings is 2. The number of carboxylic acid groups (broad SMARTS) is 1. The second-order valence-electron chi connectivity index (χ2n) is 5.93. The van der Waals surface area contributed by atoms with E-state index in [1.807, 2.05) is 26.0 Å². The molecule has 0 bridgehead atoms. The molecule has 0 saturated carbocycles. The van der Waals surface area contributed by atoms with Crippen LogP contribution in [0.3, 0.4) is 0 Å². The SMILES string of the molecule is Cc1cc(SCc2sc(-c3ccc(F)cc3)nc2C)ccc1OCC(=O)O. The van der Waals surface area contributed by atoms with Gasteiger partial charge in [0.05, 0.1) is 5.69 Å². The molecule has 0 aliphatic rings. The average molecular weight is 404 g/mol. The standard InChI is InChI=1S/C20H18FNO3S2/c1-12-9-16(7-8-17(12)25-10-19(23)24)26-11-18-13(2)22-20(27-18)14-3-5-15(21)6-4-14/h3-9H,10-11H2,1-2H3,(H,23,24). The fourth-order valence-electron chi connectivity index (χ4n) is 2.44. The largest absolute Gasteiger partial charge is 0.482 e. The van der Waals surface area contributed by atoms with Crippen molar-refractivity contribution in [3.8, 4) is 16.3 Å². The van der Waals surface area contributed by atoms with Crippen LogP contribution in [-0.2, 0) is 10.5 Å². The molecule has 1 heterocycles. The summed E-state index contributed by atoms with van der Waals surface area (Å²) < 4.78 is 18.3. The van der Waals surface area contributed by atoms with Crippen LogP contribution in [0.1, 0.15) is 16.1 Å². The van der Waals surface area contributed by atoms with E-state index in [0.29, 0.717) is 5.75 Å². The second-order valence-corrected chi connectivity index (χ2v) is 8.07. The van der Waals surface area contributed by atoms with Gasteiger partial charge in [-0.1, -0.05) is 0 Å². The van der Waals surface area contributed by atoms with E-state index in [1.165, 1.54) is 17.0 Å². The van der Waals surface area contributed by atoms with Gasteiger partial charge in [-0.15, -0.1) is 23.1 Å². The molecule has 2 aromatic carbocycles. The summed E-state index contributed by atoms with van der Waals surface area (Å²) in [6.07, 6.45) is 0. The number of aliphatic carboxylic acids is 1. The maximum atomic E-state index is 13.1. The van der Waals surface area contributed by atoms with Crippen LogP contribution in [0.2, 0.25) is 0 Å². The van der Waals surface area contributed by atoms with E-state index in [-0.39, 0.29) is 12.4 Å². The summed E-state index contributed by atoms with van der Waals surface area (Å²) in [6.45, 7) is 3.53. The quantitative estimate of drug-likeness (QED) is 0.541. The maximum Gasteiger partial charge on any atom is 0.341 e. The first-order valence-corrected chi connectivity index (χ1v) is 10.0. The predicted octanol–water partition coefficient (Wildman–Crippen LogP) is 5.32. The minimum atomic E-state index is -0.995. The Labute approximate surface area is 165 Å². The van der Waals surface area contributed by atoms with Crippen molar-refractivity contribution in [1.82, 2.24) is 4.98 Å². The summed E-state index contributed by atoms with van der Waals surface area (Å²) in [6, 6.07) is 12.1. The Morgan fingerprint density at radius 2 is 1.96 bits per heavy atom. The van der Waals surface area contributed by atoms with Crippen LogP contribution in [0.5, 0.6) is 5.75 Å². The molecule has 0 aliphatic carbocycles. The predicted molar refractivity (Wildman–Crippen MR) is 106 cm³/mol. The van der Waals surface area contributed by atoms with E-state index < -0.39 is 5.97 Å². The molecule has 3 aromatic rings. The minimum absolute atomic E-state index is 0.256. The van der Waals surface area contributed by atoms with Crippen molar-refractivity contribution in [2.75, 3.05) is 6.61 Å². The lowest BCUT2D eigenvalue weighted by atomic mass is 10.2. The molecule has 0 aliphatic heterocycles. The molecule has 0 atom stereocenters. The zero-order valence-electron chi connectivity index (χ0n) is 14.9. The molecular formula is C20H18FNO3S2. The van der Waals surface area contributed by atoms with Crippen molar-refractivity contribution in [1.29, 1.82) is 0 Å². The molecule has 7 heteroatoms. The number of rotatable bonds is 7. The van der Waals surface area contributed by atoms with Gasteiger partial charge in [0.25, 0.3) is 0 Å². The summed E-state index contributed by atoms with van der Waals surface area (Å²) in [4.78, 5) is 17.5. The van der Waals surface area contributed by atoms with E-state index in [0.717, 1.165) is 32.5 Å². The van der Waals surface area contributed by atoms with Crippen LogP contribution in [0, 0.1) is 19.7 Å². The highest BCUT2D eigenvalue weighted by Crippen LogP contribution is 2.34. The van der Waals surface area contributed by atoms with Crippen LogP contribution in [0.25, 0.3) is 10.6 Å². The molecule has 0 amide bonds. The first-order valence-electron chi connectivity index (χ1n) is 8.22. The minimum Gasteiger partial charge on any atom is -0.482 e. The van der Waals surface area contributed by atoms with Crippen LogP contribution >= 0.6 is 23.1 Å². The number of nitrogens with zero attached hydrogens (tertiary/aromatic N) is 1. The summed E-state index contributed by atoms with van der Waals surface area (Å²) in [7, 11) is 0. The zero-order chi connectivity index (χ0) is 19.4. The van der Waals surface area contributed by atoms with Crippen molar-refractivity contribution >= 4 is 29.1 Å². The monoisotopic (exact) mass is 403 g/mol. The third-order valence-corrected chi connectivity index (χ3v) is 6.26. The molecule has 0 spiro atoms. The van der Waals surface area contributed by atoms with Gasteiger partial charge in [-0.05, 0) is 61.9 Å². The third kappa shape index (κ3) is 5.08. The van der Waals surface area contributed by atoms with E-state index in [9.17, 15) is 9.18 Å². The molecule has 3 rings (SSSR count). The fraction of sp³-hybridized carbons (Fsp3) is 0.200. The normalized spacial score (nSPS) is 10.8. The number of carbonyl (C=O) groups is 1. The van der Waals surface area contributed by atoms with Gasteiger partial charge in [-0.2, -0.15) is 0 Å². The molecule has 140 valence electrons. The number of thiazole rings is 1. The molecular weight excluding hydrogens is 385 g/mol. The molecule has 4 nitrogen and oxygen atoms in total. The molecule has 0 fully saturated rings. The summed E-state index contributed by atoms with van der Waals surface area (Å²) in [5, 5.41) is 9.59. The van der Waals surface area contributed by atoms with E-state index in [1.54, 1.807) is 41.3 Å². The molecule has 0 unspecified atom stereocenters. The topological polar surface area (TPSA) is 59.4 Å². The van der Waals surface area contributed by atoms with Gasteiger partial charge in [-0.25, -0.2) is 14.2 Å². The van der Waals surface area contributed by atoms with Gasteiger partial charge in [0.2, 0.25) is 0 Å². The van der Waals surface area contributed by atoms with Crippen molar-refractivity contribution < 1.29 is 19.0 Å². The highest BCUT2D eigenvalue weighted by Gasteiger charge is 2.11. The van der Waals surface area contributed by atoms with Gasteiger partial charge in [0.1, 0.15) is 16.6 Å². The lowest BCUT2D eigenvalue weighted by molar-refractivity contribution is -0.139. The summed E-state index contributed by atoms with van der Waals surface area (Å²) >= 11 is 3.30. The van der Waals surface area contributed by atoms with Gasteiger partial charge in [0.15, 0.2) is 6.61 Å². The lowest BCUT2D eigenvalue weighted by Crippen LogP contribution is -2.09. The van der Waals surface area contributed by atoms with Crippen LogP contribution in [-0.4, -0.2) is 22.7 Å². The molecule has 1 N–H and O–H groups in total. The molecule has 27 heavy (non-hydrogen) atoms. The smallest absolute Gasteiger partial charge is 0.341 e. The number of hydrogen-bond acceptors (Lipinski definition) is 5. The highest BCUT2D eigenvalue weighted by atomic mass is 32.2. The Balaban J connectivity index is 1.67. The molecule has 0 saturated heterocycles. The van der Waals surface area contributed by atoms with Crippen LogP contribution < -0.4 is 4.74 Å². The number of aryl methyl sites for hydroxylation is 2. The molecule has 1 aromatic heterocycles. The summed E-state index contributed by atoms with van der Waals surface area (Å²) in [5.41, 5.74) is 2.79. The van der Waals surface area contributed by atoms with Gasteiger partial charge in [-0.3, -0.25) is 0 Å². The van der Waals surface area contributed by atoms with Crippen molar-refractivity contribution in [2.24, 2.45) is 0 Å². The van der Waals surface area contributed by atoms with Crippen molar-refractivity contribution in [3.63, 3.8) is 0 Å². The number of aromatic nitrogens is 1. The number of hydrogen-bond donors (Lipinski definition) is 1. The molecule has 0 radical (unpaired) electrons. The second kappa shape index (κ2) is 8.54. The third-order valence-electron chi connectivity index (χ3n) is 3.85. The van der Waals surface area contributed by atoms with Crippen LogP contribution in [0.15, 0.2) is 47.4 Å². The Hall–Kier alpha value is -2.38. The van der Waals surface area contributed by atoms with E-state index in [4.69, 9.17) is 9.84 Å². The van der Waals surface area contributed by atoms with Gasteiger partial charge < -0.3 is 9.84 Å². The first kappa shape index (κ1) is 19.4.